The zero-order valence-corrected chi connectivity index (χ0v) is 71.1. The van der Waals surface area contributed by atoms with E-state index in [1.54, 1.807) is 107 Å². The predicted molar refractivity (Wildman–Crippen MR) is 401 cm³/mol. The third-order valence-electron chi connectivity index (χ3n) is 15.3. The lowest BCUT2D eigenvalue weighted by atomic mass is 9.94. The van der Waals surface area contributed by atoms with Crippen LogP contribution < -0.4 is 0 Å². The summed E-state index contributed by atoms with van der Waals surface area (Å²) in [5.41, 5.74) is -1.29. The van der Waals surface area contributed by atoms with Crippen LogP contribution in [0.1, 0.15) is 228 Å². The van der Waals surface area contributed by atoms with E-state index < -0.39 is 124 Å². The van der Waals surface area contributed by atoms with E-state index in [4.69, 9.17) is 74.5 Å². The average Bonchev–Trinajstić information content (AvgIpc) is 0.761. The van der Waals surface area contributed by atoms with Crippen molar-refractivity contribution in [1.29, 1.82) is 0 Å². The highest BCUT2D eigenvalue weighted by Crippen LogP contribution is 2.63. The highest BCUT2D eigenvalue weighted by molar-refractivity contribution is 7.55. The predicted octanol–water partition coefficient (Wildman–Crippen LogP) is 17.0. The SMILES string of the molecule is CCOP(=O)(OCC)C(C)N(C)OC(C)C(=O)OCCCCCCOC(=O)C(C)ON(C)C(C)P(=O)(OCC)OCC.CCOP(=O)(OCC)C(N(OC(COC(=O)CCC(=O)OCC(ON(C(C(C)(C)C)P(=O)(OCC)OCC)C(C)(C)C)c1ccccc1)c1ccccc1)C(C)(C)C)C(C)(C)C. The van der Waals surface area contributed by atoms with Gasteiger partial charge in [0, 0.05) is 25.2 Å². The van der Waals surface area contributed by atoms with Crippen LogP contribution in [0, 0.1) is 10.8 Å². The number of benzene rings is 2. The van der Waals surface area contributed by atoms with Gasteiger partial charge in [-0.15, -0.1) is 0 Å². The van der Waals surface area contributed by atoms with Gasteiger partial charge in [0.2, 0.25) is 0 Å². The molecular weight excluding hydrogens is 1430 g/mol. The Bertz CT molecular complexity index is 2730. The molecule has 0 N–H and O–H groups in total. The number of carbonyl (C=O) groups excluding carboxylic acids is 4. The van der Waals surface area contributed by atoms with Gasteiger partial charge in [0.1, 0.15) is 48.6 Å². The standard InChI is InChI=1S/C46H78N2O12P2.C26H54N2O12P2/c1-17-55-61(51,56-18-2)41(43(5,6)7)47(45(11,12)13)59-37(35-27-23-21-24-28-35)33-53-39(49)31-32-40(50)54-34-38(36-29-25-22-26-30-36)60-48(46(14,15)16)42(44(8,9)10)62(52,57-19-3)58-20-4;1-11-35-41(31,36-12-2)23(7)27(9)39-21(5)25(29)33-19-17-15-16-18-20-34-26(30)22(6)40-28(10)24(8)42(32,37-13-3)38-14-4/h21-30,37-38,41-42H,17-20,31-34H2,1-16H3;21-24H,11-20H2,1-10H3. The van der Waals surface area contributed by atoms with Crippen LogP contribution in [0.15, 0.2) is 60.7 Å². The smallest absolute Gasteiger partial charge is 0.350 e. The lowest BCUT2D eigenvalue weighted by Gasteiger charge is -2.48. The van der Waals surface area contributed by atoms with Crippen molar-refractivity contribution in [2.24, 2.45) is 10.8 Å². The molecule has 0 aromatic heterocycles. The van der Waals surface area contributed by atoms with E-state index in [2.05, 4.69) is 0 Å². The van der Waals surface area contributed by atoms with E-state index in [0.29, 0.717) is 24.0 Å². The first-order valence-corrected chi connectivity index (χ1v) is 42.9. The first-order valence-electron chi connectivity index (χ1n) is 36.4. The summed E-state index contributed by atoms with van der Waals surface area (Å²) < 4.78 is 122. The van der Waals surface area contributed by atoms with Crippen molar-refractivity contribution in [2.75, 3.05) is 93.4 Å². The number of unbranched alkanes of at least 4 members (excludes halogenated alkanes) is 3. The molecule has 104 heavy (non-hydrogen) atoms. The van der Waals surface area contributed by atoms with Gasteiger partial charge in [-0.1, -0.05) is 102 Å². The number of hydroxylamine groups is 8. The molecule has 8 atom stereocenters. The second-order valence-electron chi connectivity index (χ2n) is 28.5. The van der Waals surface area contributed by atoms with Crippen LogP contribution in [0.5, 0.6) is 0 Å². The van der Waals surface area contributed by atoms with Crippen molar-refractivity contribution in [3.05, 3.63) is 71.8 Å². The molecule has 32 heteroatoms. The summed E-state index contributed by atoms with van der Waals surface area (Å²) in [6, 6.07) is 18.6. The lowest BCUT2D eigenvalue weighted by Crippen LogP contribution is -2.54. The molecule has 0 aliphatic carbocycles. The number of hydrogen-bond donors (Lipinski definition) is 0. The van der Waals surface area contributed by atoms with Crippen molar-refractivity contribution in [3.63, 3.8) is 0 Å². The Morgan fingerprint density at radius 3 is 0.875 bits per heavy atom. The maximum absolute atomic E-state index is 14.5. The molecular formula is C72H132N4O24P4. The van der Waals surface area contributed by atoms with E-state index in [-0.39, 0.29) is 92.1 Å². The highest BCUT2D eigenvalue weighted by Gasteiger charge is 2.54. The molecule has 2 aromatic rings. The van der Waals surface area contributed by atoms with Crippen LogP contribution in [0.4, 0.5) is 0 Å². The minimum absolute atomic E-state index is 0.170. The molecule has 2 rings (SSSR count). The van der Waals surface area contributed by atoms with E-state index in [9.17, 15) is 37.4 Å². The van der Waals surface area contributed by atoms with Crippen LogP contribution in [0.25, 0.3) is 0 Å². The van der Waals surface area contributed by atoms with Gasteiger partial charge >= 0.3 is 54.3 Å². The molecule has 0 heterocycles. The molecule has 604 valence electrons. The third kappa shape index (κ3) is 33.8. The molecule has 0 saturated heterocycles. The van der Waals surface area contributed by atoms with Gasteiger partial charge in [0.15, 0.2) is 12.2 Å². The van der Waals surface area contributed by atoms with Crippen LogP contribution in [-0.4, -0.2) is 184 Å². The number of nitrogens with zero attached hydrogens (tertiary/aromatic N) is 4. The Morgan fingerprint density at radius 2 is 0.635 bits per heavy atom. The molecule has 2 aromatic carbocycles. The fourth-order valence-corrected chi connectivity index (χ4v) is 19.1. The summed E-state index contributed by atoms with van der Waals surface area (Å²) >= 11 is 0. The molecule has 0 aliphatic rings. The van der Waals surface area contributed by atoms with Gasteiger partial charge in [0.25, 0.3) is 0 Å². The summed E-state index contributed by atoms with van der Waals surface area (Å²) in [5.74, 6) is -5.49. The van der Waals surface area contributed by atoms with Crippen molar-refractivity contribution < 1.29 is 112 Å². The van der Waals surface area contributed by atoms with Crippen LogP contribution in [0.3, 0.4) is 0 Å². The fraction of sp³-hybridized carbons (Fsp3) is 0.778. The number of carbonyl (C=O) groups is 4. The van der Waals surface area contributed by atoms with Crippen LogP contribution in [0.2, 0.25) is 0 Å². The Kier molecular flexibility index (Phi) is 45.2. The third-order valence-corrected chi connectivity index (χ3v) is 25.9. The van der Waals surface area contributed by atoms with E-state index >= 15 is 0 Å². The van der Waals surface area contributed by atoms with Gasteiger partial charge in [-0.2, -0.15) is 20.3 Å². The number of rotatable bonds is 50. The summed E-state index contributed by atoms with van der Waals surface area (Å²) in [6.45, 7) is 45.2. The van der Waals surface area contributed by atoms with E-state index in [1.165, 1.54) is 10.1 Å². The summed E-state index contributed by atoms with van der Waals surface area (Å²) in [5, 5.41) is 5.90. The molecule has 8 unspecified atom stereocenters. The second-order valence-corrected chi connectivity index (χ2v) is 37.3. The largest absolute Gasteiger partial charge is 0.464 e. The summed E-state index contributed by atoms with van der Waals surface area (Å²) in [7, 11) is -11.3. The molecule has 28 nitrogen and oxygen atoms in total. The Labute approximate surface area is 623 Å². The number of hydrogen-bond acceptors (Lipinski definition) is 28. The van der Waals surface area contributed by atoms with Crippen molar-refractivity contribution in [3.8, 4) is 0 Å². The molecule has 0 bridgehead atoms. The van der Waals surface area contributed by atoms with Gasteiger partial charge in [-0.3, -0.25) is 47.2 Å². The Morgan fingerprint density at radius 1 is 0.375 bits per heavy atom. The van der Waals surface area contributed by atoms with Crippen molar-refractivity contribution in [2.45, 2.75) is 263 Å². The first-order chi connectivity index (χ1) is 48.4. The van der Waals surface area contributed by atoms with E-state index in [1.807, 2.05) is 144 Å². The monoisotopic (exact) mass is 1560 g/mol. The normalized spacial score (nSPS) is 15.4. The summed E-state index contributed by atoms with van der Waals surface area (Å²) in [4.78, 5) is 75.9. The van der Waals surface area contributed by atoms with Gasteiger partial charge in [-0.25, -0.2) is 9.59 Å². The number of ether oxygens (including phenoxy) is 4. The lowest BCUT2D eigenvalue weighted by molar-refractivity contribution is -0.275. The minimum Gasteiger partial charge on any atom is -0.464 e. The minimum atomic E-state index is -3.78. The first kappa shape index (κ1) is 98.6. The van der Waals surface area contributed by atoms with E-state index in [0.717, 1.165) is 12.8 Å². The van der Waals surface area contributed by atoms with Crippen molar-refractivity contribution >= 4 is 54.3 Å². The molecule has 0 aliphatic heterocycles. The molecule has 0 fully saturated rings. The number of esters is 4. The van der Waals surface area contributed by atoms with Gasteiger partial charge < -0.3 is 55.1 Å². The molecule has 0 amide bonds. The fourth-order valence-electron chi connectivity index (χ4n) is 10.3. The zero-order valence-electron chi connectivity index (χ0n) is 67.5. The molecule has 0 radical (unpaired) electrons. The molecule has 0 saturated carbocycles. The average molecular weight is 1560 g/mol. The van der Waals surface area contributed by atoms with Crippen molar-refractivity contribution in [1.82, 2.24) is 20.3 Å². The Balaban J connectivity index is 0.00000112. The Hall–Kier alpha value is -3.40. The highest BCUT2D eigenvalue weighted by atomic mass is 31.2. The van der Waals surface area contributed by atoms with Crippen LogP contribution >= 0.6 is 30.4 Å². The van der Waals surface area contributed by atoms with Gasteiger partial charge in [0.05, 0.1) is 78.9 Å². The topological polar surface area (TPSA) is 297 Å². The maximum atomic E-state index is 14.5. The maximum Gasteiger partial charge on any atom is 0.350 e. The van der Waals surface area contributed by atoms with Gasteiger partial charge in [-0.05, 0) is 172 Å². The summed E-state index contributed by atoms with van der Waals surface area (Å²) in [6.07, 6.45) is -1.20. The second kappa shape index (κ2) is 47.6. The van der Waals surface area contributed by atoms with Crippen LogP contribution in [-0.2, 0) is 112 Å². The molecule has 0 spiro atoms. The quantitative estimate of drug-likeness (QED) is 0.0195. The zero-order chi connectivity index (χ0) is 79.5.